The molecule has 1 fully saturated rings. The number of aromatic nitrogens is 2. The van der Waals surface area contributed by atoms with Crippen molar-refractivity contribution in [2.45, 2.75) is 38.0 Å². The first-order valence-corrected chi connectivity index (χ1v) is 8.30. The molecule has 0 atom stereocenters. The van der Waals surface area contributed by atoms with E-state index in [0.717, 1.165) is 5.92 Å². The normalized spacial score (nSPS) is 14.8. The van der Waals surface area contributed by atoms with E-state index in [1.807, 2.05) is 0 Å². The summed E-state index contributed by atoms with van der Waals surface area (Å²) in [5.74, 6) is 0.773. The zero-order valence-corrected chi connectivity index (χ0v) is 13.3. The maximum Gasteiger partial charge on any atom is 0.144 e. The van der Waals surface area contributed by atoms with Gasteiger partial charge in [-0.2, -0.15) is 0 Å². The molecule has 0 saturated heterocycles. The Labute approximate surface area is 137 Å². The first kappa shape index (κ1) is 15.5. The minimum absolute atomic E-state index is 0.773. The van der Waals surface area contributed by atoms with Crippen molar-refractivity contribution in [3.63, 3.8) is 0 Å². The van der Waals surface area contributed by atoms with E-state index in [1.54, 1.807) is 5.56 Å². The smallest absolute Gasteiger partial charge is 0.144 e. The van der Waals surface area contributed by atoms with Gasteiger partial charge >= 0.3 is 0 Å². The van der Waals surface area contributed by atoms with Crippen LogP contribution in [0.1, 0.15) is 43.6 Å². The predicted octanol–water partition coefficient (Wildman–Crippen LogP) is 5.47. The van der Waals surface area contributed by atoms with Crippen molar-refractivity contribution >= 4 is 0 Å². The largest absolute Gasteiger partial charge is 0.346 e. The summed E-state index contributed by atoms with van der Waals surface area (Å²) in [6.07, 6.45) is 9.82. The standard InChI is InChI=1S/C18H20.C2H2N2O/c1-3-9-15(10-4-1)17-13-7-8-14-18(17)16-11-5-2-6-12-16;1-2-5-4-3-1/h1,3-4,7-10,13-14,16H,2,5-6,11-12H2;1-2H. The van der Waals surface area contributed by atoms with Crippen LogP contribution in [0.5, 0.6) is 0 Å². The minimum atomic E-state index is 0.773. The highest BCUT2D eigenvalue weighted by molar-refractivity contribution is 5.68. The van der Waals surface area contributed by atoms with Gasteiger partial charge in [-0.1, -0.05) is 73.9 Å². The maximum absolute atomic E-state index is 4.22. The Balaban J connectivity index is 0.000000267. The second-order valence-corrected chi connectivity index (χ2v) is 5.88. The summed E-state index contributed by atoms with van der Waals surface area (Å²) in [5.41, 5.74) is 4.35. The van der Waals surface area contributed by atoms with Crippen LogP contribution < -0.4 is 0 Å². The van der Waals surface area contributed by atoms with E-state index in [2.05, 4.69) is 69.5 Å². The van der Waals surface area contributed by atoms with E-state index in [0.29, 0.717) is 0 Å². The Morgan fingerprint density at radius 1 is 0.826 bits per heavy atom. The highest BCUT2D eigenvalue weighted by Crippen LogP contribution is 2.37. The van der Waals surface area contributed by atoms with Crippen molar-refractivity contribution in [2.75, 3.05) is 0 Å². The third kappa shape index (κ3) is 4.28. The average molecular weight is 306 g/mol. The van der Waals surface area contributed by atoms with Gasteiger partial charge in [0.25, 0.3) is 0 Å². The Hall–Kier alpha value is -2.42. The number of hydrogen-bond donors (Lipinski definition) is 0. The summed E-state index contributed by atoms with van der Waals surface area (Å²) in [5, 5.41) is 6.40. The van der Waals surface area contributed by atoms with Gasteiger partial charge in [0.05, 0.1) is 6.20 Å². The fraction of sp³-hybridized carbons (Fsp3) is 0.300. The molecule has 3 aromatic rings. The van der Waals surface area contributed by atoms with Gasteiger partial charge in [0.15, 0.2) is 0 Å². The summed E-state index contributed by atoms with van der Waals surface area (Å²) in [6.45, 7) is 0. The van der Waals surface area contributed by atoms with Crippen LogP contribution in [0.4, 0.5) is 0 Å². The molecule has 1 saturated carbocycles. The van der Waals surface area contributed by atoms with Crippen molar-refractivity contribution in [2.24, 2.45) is 0 Å². The fourth-order valence-electron chi connectivity index (χ4n) is 3.28. The van der Waals surface area contributed by atoms with Gasteiger partial charge in [-0.3, -0.25) is 0 Å². The summed E-state index contributed by atoms with van der Waals surface area (Å²) in [7, 11) is 0. The molecule has 2 aromatic carbocycles. The molecule has 0 aliphatic heterocycles. The molecule has 3 heteroatoms. The summed E-state index contributed by atoms with van der Waals surface area (Å²) in [6, 6.07) is 19.8. The van der Waals surface area contributed by atoms with Crippen molar-refractivity contribution < 1.29 is 4.52 Å². The van der Waals surface area contributed by atoms with Crippen molar-refractivity contribution in [3.8, 4) is 11.1 Å². The van der Waals surface area contributed by atoms with Crippen LogP contribution >= 0.6 is 0 Å². The molecule has 3 nitrogen and oxygen atoms in total. The van der Waals surface area contributed by atoms with Gasteiger partial charge in [0, 0.05) is 5.27 Å². The third-order valence-electron chi connectivity index (χ3n) is 4.37. The fourth-order valence-corrected chi connectivity index (χ4v) is 3.28. The summed E-state index contributed by atoms with van der Waals surface area (Å²) < 4.78 is 4.22. The molecule has 1 aliphatic carbocycles. The highest BCUT2D eigenvalue weighted by Gasteiger charge is 2.18. The molecule has 1 aromatic heterocycles. The van der Waals surface area contributed by atoms with Gasteiger partial charge in [0.1, 0.15) is 6.26 Å². The lowest BCUT2D eigenvalue weighted by atomic mass is 9.81. The molecular weight excluding hydrogens is 284 g/mol. The molecule has 0 unspecified atom stereocenters. The van der Waals surface area contributed by atoms with Crippen LogP contribution in [0.15, 0.2) is 71.6 Å². The zero-order chi connectivity index (χ0) is 15.7. The second-order valence-electron chi connectivity index (χ2n) is 5.88. The minimum Gasteiger partial charge on any atom is -0.346 e. The number of benzene rings is 2. The van der Waals surface area contributed by atoms with Crippen LogP contribution in [-0.2, 0) is 0 Å². The van der Waals surface area contributed by atoms with E-state index in [4.69, 9.17) is 0 Å². The van der Waals surface area contributed by atoms with E-state index in [1.165, 1.54) is 55.7 Å². The Bertz CT molecular complexity index is 657. The number of nitrogens with zero attached hydrogens (tertiary/aromatic N) is 2. The maximum atomic E-state index is 4.22. The molecule has 0 amide bonds. The summed E-state index contributed by atoms with van der Waals surface area (Å²) >= 11 is 0. The third-order valence-corrected chi connectivity index (χ3v) is 4.37. The predicted molar refractivity (Wildman–Crippen MR) is 92.0 cm³/mol. The monoisotopic (exact) mass is 306 g/mol. The molecule has 118 valence electrons. The van der Waals surface area contributed by atoms with Crippen LogP contribution in [0.2, 0.25) is 0 Å². The molecule has 0 spiro atoms. The average Bonchev–Trinajstić information content (AvgIpc) is 3.23. The van der Waals surface area contributed by atoms with Crippen LogP contribution in [0.3, 0.4) is 0 Å². The van der Waals surface area contributed by atoms with Gasteiger partial charge in [0.2, 0.25) is 0 Å². The Kier molecular flexibility index (Phi) is 5.57. The van der Waals surface area contributed by atoms with E-state index < -0.39 is 0 Å². The highest BCUT2D eigenvalue weighted by atomic mass is 16.5. The van der Waals surface area contributed by atoms with Gasteiger partial charge in [-0.25, -0.2) is 0 Å². The SMILES string of the molecule is c1ccc(-c2ccccc2C2CCCCC2)cc1.c1conn1. The van der Waals surface area contributed by atoms with Crippen LogP contribution in [-0.4, -0.2) is 10.4 Å². The van der Waals surface area contributed by atoms with E-state index >= 15 is 0 Å². The molecule has 0 N–H and O–H groups in total. The first-order valence-electron chi connectivity index (χ1n) is 8.30. The molecule has 4 rings (SSSR count). The zero-order valence-electron chi connectivity index (χ0n) is 13.3. The molecule has 0 bridgehead atoms. The van der Waals surface area contributed by atoms with Crippen molar-refractivity contribution in [1.82, 2.24) is 10.4 Å². The molecule has 1 heterocycles. The second kappa shape index (κ2) is 8.28. The molecule has 0 radical (unpaired) electrons. The molecular formula is C20H22N2O. The lowest BCUT2D eigenvalue weighted by Crippen LogP contribution is -2.05. The molecule has 1 aliphatic rings. The lowest BCUT2D eigenvalue weighted by molar-refractivity contribution is 0.393. The van der Waals surface area contributed by atoms with Crippen LogP contribution in [0.25, 0.3) is 11.1 Å². The molecule has 23 heavy (non-hydrogen) atoms. The van der Waals surface area contributed by atoms with Gasteiger partial charge in [-0.15, -0.1) is 5.10 Å². The van der Waals surface area contributed by atoms with E-state index in [-0.39, 0.29) is 0 Å². The quantitative estimate of drug-likeness (QED) is 0.630. The van der Waals surface area contributed by atoms with Crippen molar-refractivity contribution in [1.29, 1.82) is 0 Å². The topological polar surface area (TPSA) is 38.9 Å². The van der Waals surface area contributed by atoms with Gasteiger partial charge < -0.3 is 4.52 Å². The van der Waals surface area contributed by atoms with Crippen molar-refractivity contribution in [3.05, 3.63) is 72.6 Å². The first-order chi connectivity index (χ1) is 11.4. The van der Waals surface area contributed by atoms with Crippen LogP contribution in [0, 0.1) is 0 Å². The lowest BCUT2D eigenvalue weighted by Gasteiger charge is -2.24. The van der Waals surface area contributed by atoms with Gasteiger partial charge in [-0.05, 0) is 35.4 Å². The number of rotatable bonds is 2. The number of hydrogen-bond acceptors (Lipinski definition) is 3. The summed E-state index contributed by atoms with van der Waals surface area (Å²) in [4.78, 5) is 0. The Morgan fingerprint density at radius 2 is 1.57 bits per heavy atom. The Morgan fingerprint density at radius 3 is 2.22 bits per heavy atom. The van der Waals surface area contributed by atoms with E-state index in [9.17, 15) is 0 Å².